The molecule has 3 nitrogen and oxygen atoms in total. The van der Waals surface area contributed by atoms with Crippen molar-refractivity contribution in [2.75, 3.05) is 13.6 Å². The first-order valence-electron chi connectivity index (χ1n) is 6.97. The quantitative estimate of drug-likeness (QED) is 0.842. The Balaban J connectivity index is 2.66. The van der Waals surface area contributed by atoms with Crippen LogP contribution in [0.1, 0.15) is 53.9 Å². The van der Waals surface area contributed by atoms with Gasteiger partial charge in [0.1, 0.15) is 0 Å². The molecule has 0 saturated heterocycles. The third kappa shape index (κ3) is 4.60. The Morgan fingerprint density at radius 2 is 1.94 bits per heavy atom. The van der Waals surface area contributed by atoms with Crippen LogP contribution in [-0.2, 0) is 4.79 Å². The van der Waals surface area contributed by atoms with Gasteiger partial charge in [-0.05, 0) is 44.4 Å². The average Bonchev–Trinajstić information content (AvgIpc) is 2.10. The maximum atomic E-state index is 12.4. The summed E-state index contributed by atoms with van der Waals surface area (Å²) < 4.78 is 0. The van der Waals surface area contributed by atoms with Crippen LogP contribution in [0.3, 0.4) is 0 Å². The Morgan fingerprint density at radius 3 is 2.39 bits per heavy atom. The van der Waals surface area contributed by atoms with E-state index in [1.54, 1.807) is 25.8 Å². The molecule has 2 unspecified atom stereocenters. The highest BCUT2D eigenvalue weighted by Gasteiger charge is 2.37. The van der Waals surface area contributed by atoms with Crippen LogP contribution in [-0.4, -0.2) is 35.1 Å². The lowest BCUT2D eigenvalue weighted by Gasteiger charge is -2.40. The summed E-state index contributed by atoms with van der Waals surface area (Å²) in [4.78, 5) is 14.1. The SMILES string of the molecule is CC1CC(C(=O)N(C)CC(C)(C)O)CC(C)(C)C1. The fourth-order valence-electron chi connectivity index (χ4n) is 3.50. The first-order valence-corrected chi connectivity index (χ1v) is 6.97. The van der Waals surface area contributed by atoms with E-state index in [9.17, 15) is 9.90 Å². The summed E-state index contributed by atoms with van der Waals surface area (Å²) in [5, 5.41) is 9.80. The summed E-state index contributed by atoms with van der Waals surface area (Å²) in [7, 11) is 1.80. The summed E-state index contributed by atoms with van der Waals surface area (Å²) in [5.41, 5.74) is -0.562. The van der Waals surface area contributed by atoms with E-state index in [0.29, 0.717) is 12.5 Å². The number of carbonyl (C=O) groups excluding carboxylic acids is 1. The van der Waals surface area contributed by atoms with Crippen LogP contribution in [0.2, 0.25) is 0 Å². The van der Waals surface area contributed by atoms with Crippen LogP contribution >= 0.6 is 0 Å². The fourth-order valence-corrected chi connectivity index (χ4v) is 3.50. The molecule has 0 aromatic carbocycles. The molecule has 1 rings (SSSR count). The number of hydrogen-bond acceptors (Lipinski definition) is 2. The average molecular weight is 255 g/mol. The normalized spacial score (nSPS) is 27.9. The van der Waals surface area contributed by atoms with Gasteiger partial charge in [-0.25, -0.2) is 0 Å². The molecular weight excluding hydrogens is 226 g/mol. The number of rotatable bonds is 3. The van der Waals surface area contributed by atoms with Crippen molar-refractivity contribution in [3.05, 3.63) is 0 Å². The van der Waals surface area contributed by atoms with E-state index in [-0.39, 0.29) is 17.2 Å². The molecule has 1 saturated carbocycles. The van der Waals surface area contributed by atoms with Gasteiger partial charge in [-0.15, -0.1) is 0 Å². The van der Waals surface area contributed by atoms with E-state index in [4.69, 9.17) is 0 Å². The summed E-state index contributed by atoms with van der Waals surface area (Å²) in [6.07, 6.45) is 3.15. The van der Waals surface area contributed by atoms with Crippen LogP contribution < -0.4 is 0 Å². The van der Waals surface area contributed by atoms with Crippen LogP contribution in [0.25, 0.3) is 0 Å². The number of aliphatic hydroxyl groups is 1. The van der Waals surface area contributed by atoms with Gasteiger partial charge in [0.05, 0.1) is 5.60 Å². The van der Waals surface area contributed by atoms with Crippen molar-refractivity contribution < 1.29 is 9.90 Å². The molecule has 0 aliphatic heterocycles. The Bertz CT molecular complexity index is 304. The zero-order chi connectivity index (χ0) is 14.1. The zero-order valence-corrected chi connectivity index (χ0v) is 12.8. The number of likely N-dealkylation sites (N-methyl/N-ethyl adjacent to an activating group) is 1. The number of amides is 1. The van der Waals surface area contributed by atoms with Crippen molar-refractivity contribution in [2.45, 2.75) is 59.5 Å². The van der Waals surface area contributed by atoms with E-state index < -0.39 is 5.60 Å². The lowest BCUT2D eigenvalue weighted by Crippen LogP contribution is -2.44. The van der Waals surface area contributed by atoms with Gasteiger partial charge in [0, 0.05) is 19.5 Å². The third-order valence-corrected chi connectivity index (χ3v) is 3.74. The Hall–Kier alpha value is -0.570. The van der Waals surface area contributed by atoms with Crippen molar-refractivity contribution in [1.82, 2.24) is 4.90 Å². The molecule has 0 radical (unpaired) electrons. The first kappa shape index (κ1) is 15.5. The molecule has 2 atom stereocenters. The summed E-state index contributed by atoms with van der Waals surface area (Å²) >= 11 is 0. The third-order valence-electron chi connectivity index (χ3n) is 3.74. The molecule has 1 N–H and O–H groups in total. The zero-order valence-electron chi connectivity index (χ0n) is 12.8. The summed E-state index contributed by atoms with van der Waals surface area (Å²) in [5.74, 6) is 0.922. The lowest BCUT2D eigenvalue weighted by atomic mass is 9.67. The molecule has 0 spiro atoms. The van der Waals surface area contributed by atoms with Gasteiger partial charge in [0.15, 0.2) is 0 Å². The molecule has 0 bridgehead atoms. The maximum absolute atomic E-state index is 12.4. The number of nitrogens with zero attached hydrogens (tertiary/aromatic N) is 1. The molecule has 1 amide bonds. The standard InChI is InChI=1S/C15H29NO2/c1-11-7-12(9-14(2,3)8-11)13(17)16(6)10-15(4,5)18/h11-12,18H,7-10H2,1-6H3. The lowest BCUT2D eigenvalue weighted by molar-refractivity contribution is -0.140. The highest BCUT2D eigenvalue weighted by molar-refractivity contribution is 5.78. The van der Waals surface area contributed by atoms with Gasteiger partial charge >= 0.3 is 0 Å². The molecule has 0 heterocycles. The van der Waals surface area contributed by atoms with Crippen LogP contribution in [0, 0.1) is 17.3 Å². The van der Waals surface area contributed by atoms with E-state index in [1.165, 1.54) is 6.42 Å². The van der Waals surface area contributed by atoms with Crippen molar-refractivity contribution in [1.29, 1.82) is 0 Å². The molecule has 106 valence electrons. The molecule has 3 heteroatoms. The minimum absolute atomic E-state index is 0.121. The Labute approximate surface area is 112 Å². The topological polar surface area (TPSA) is 40.5 Å². The second-order valence-electron chi connectivity index (χ2n) is 7.62. The summed E-state index contributed by atoms with van der Waals surface area (Å²) in [6.45, 7) is 10.6. The maximum Gasteiger partial charge on any atom is 0.225 e. The molecule has 1 aliphatic rings. The smallest absolute Gasteiger partial charge is 0.225 e. The predicted octanol–water partition coefficient (Wildman–Crippen LogP) is 2.68. The molecule has 1 aliphatic carbocycles. The van der Waals surface area contributed by atoms with Crippen molar-refractivity contribution in [3.63, 3.8) is 0 Å². The summed E-state index contributed by atoms with van der Waals surface area (Å²) in [6, 6.07) is 0. The van der Waals surface area contributed by atoms with Gasteiger partial charge in [-0.1, -0.05) is 20.8 Å². The van der Waals surface area contributed by atoms with E-state index in [0.717, 1.165) is 12.8 Å². The van der Waals surface area contributed by atoms with Crippen molar-refractivity contribution >= 4 is 5.91 Å². The second kappa shape index (κ2) is 5.20. The molecular formula is C15H29NO2. The van der Waals surface area contributed by atoms with Crippen LogP contribution in [0.15, 0.2) is 0 Å². The van der Waals surface area contributed by atoms with Crippen molar-refractivity contribution in [2.24, 2.45) is 17.3 Å². The van der Waals surface area contributed by atoms with E-state index in [2.05, 4.69) is 20.8 Å². The highest BCUT2D eigenvalue weighted by Crippen LogP contribution is 2.42. The molecule has 0 aromatic heterocycles. The van der Waals surface area contributed by atoms with Gasteiger partial charge in [-0.2, -0.15) is 0 Å². The minimum atomic E-state index is -0.819. The van der Waals surface area contributed by atoms with Crippen LogP contribution in [0.4, 0.5) is 0 Å². The first-order chi connectivity index (χ1) is 8.00. The Morgan fingerprint density at radius 1 is 1.39 bits per heavy atom. The Kier molecular flexibility index (Phi) is 4.47. The molecule has 1 fully saturated rings. The monoisotopic (exact) mass is 255 g/mol. The van der Waals surface area contributed by atoms with Gasteiger partial charge in [0.2, 0.25) is 5.91 Å². The molecule has 0 aromatic rings. The van der Waals surface area contributed by atoms with E-state index >= 15 is 0 Å². The van der Waals surface area contributed by atoms with Crippen LogP contribution in [0.5, 0.6) is 0 Å². The number of hydrogen-bond donors (Lipinski definition) is 1. The fraction of sp³-hybridized carbons (Fsp3) is 0.933. The van der Waals surface area contributed by atoms with Gasteiger partial charge in [0.25, 0.3) is 0 Å². The highest BCUT2D eigenvalue weighted by atomic mass is 16.3. The minimum Gasteiger partial charge on any atom is -0.389 e. The van der Waals surface area contributed by atoms with Gasteiger partial charge in [-0.3, -0.25) is 4.79 Å². The van der Waals surface area contributed by atoms with E-state index in [1.807, 2.05) is 0 Å². The van der Waals surface area contributed by atoms with Gasteiger partial charge < -0.3 is 10.0 Å². The largest absolute Gasteiger partial charge is 0.389 e. The predicted molar refractivity (Wildman–Crippen MR) is 74.2 cm³/mol. The van der Waals surface area contributed by atoms with Crippen molar-refractivity contribution in [3.8, 4) is 0 Å². The second-order valence-corrected chi connectivity index (χ2v) is 7.62. The number of carbonyl (C=O) groups is 1. The molecule has 18 heavy (non-hydrogen) atoms.